The van der Waals surface area contributed by atoms with Gasteiger partial charge in [-0.3, -0.25) is 5.32 Å². The zero-order chi connectivity index (χ0) is 14.0. The van der Waals surface area contributed by atoms with Crippen LogP contribution < -0.4 is 10.6 Å². The van der Waals surface area contributed by atoms with E-state index in [1.807, 2.05) is 6.92 Å². The number of hydrogen-bond acceptors (Lipinski definition) is 3. The fraction of sp³-hybridized carbons (Fsp3) is 0.538. The summed E-state index contributed by atoms with van der Waals surface area (Å²) in [5, 5.41) is 15.0. The van der Waals surface area contributed by atoms with E-state index < -0.39 is 5.97 Å². The van der Waals surface area contributed by atoms with Crippen molar-refractivity contribution in [3.8, 4) is 0 Å². The van der Waals surface area contributed by atoms with Gasteiger partial charge in [0.25, 0.3) is 0 Å². The Kier molecular flexibility index (Phi) is 4.09. The molecule has 2 amide bonds. The van der Waals surface area contributed by atoms with E-state index in [2.05, 4.69) is 10.6 Å². The van der Waals surface area contributed by atoms with E-state index in [0.29, 0.717) is 17.1 Å². The first-order valence-electron chi connectivity index (χ1n) is 6.37. The first-order valence-corrected chi connectivity index (χ1v) is 7.18. The Morgan fingerprint density at radius 2 is 2.05 bits per heavy atom. The molecule has 0 saturated heterocycles. The standard InChI is InChI=1S/C13H18N2O3S/c1-7-8(2)19-11(10(7)12(16)17)15-13(18)14-6-5-9-3-4-9/h9H,3-6H2,1-2H3,(H,16,17)(H2,14,15,18). The summed E-state index contributed by atoms with van der Waals surface area (Å²) in [5.74, 6) is -0.240. The summed E-state index contributed by atoms with van der Waals surface area (Å²) in [6.45, 7) is 4.25. The highest BCUT2D eigenvalue weighted by Crippen LogP contribution is 2.33. The van der Waals surface area contributed by atoms with Crippen molar-refractivity contribution in [3.05, 3.63) is 16.0 Å². The predicted octanol–water partition coefficient (Wildman–Crippen LogP) is 2.98. The molecular weight excluding hydrogens is 264 g/mol. The Morgan fingerprint density at radius 3 is 2.63 bits per heavy atom. The van der Waals surface area contributed by atoms with Crippen LogP contribution in [0.1, 0.15) is 40.1 Å². The van der Waals surface area contributed by atoms with Gasteiger partial charge in [-0.05, 0) is 31.7 Å². The second-order valence-corrected chi connectivity index (χ2v) is 6.13. The highest BCUT2D eigenvalue weighted by Gasteiger charge is 2.22. The summed E-state index contributed by atoms with van der Waals surface area (Å²) >= 11 is 1.30. The van der Waals surface area contributed by atoms with Crippen LogP contribution >= 0.6 is 11.3 Å². The molecule has 1 heterocycles. The third-order valence-corrected chi connectivity index (χ3v) is 4.48. The number of carbonyl (C=O) groups is 2. The molecule has 104 valence electrons. The number of aromatic carboxylic acids is 1. The lowest BCUT2D eigenvalue weighted by molar-refractivity contribution is 0.0697. The number of hydrogen-bond donors (Lipinski definition) is 3. The minimum Gasteiger partial charge on any atom is -0.478 e. The van der Waals surface area contributed by atoms with Crippen LogP contribution in [0.3, 0.4) is 0 Å². The van der Waals surface area contributed by atoms with Crippen LogP contribution in [-0.4, -0.2) is 23.7 Å². The van der Waals surface area contributed by atoms with E-state index >= 15 is 0 Å². The molecular formula is C13H18N2O3S. The van der Waals surface area contributed by atoms with Gasteiger partial charge >= 0.3 is 12.0 Å². The van der Waals surface area contributed by atoms with Gasteiger partial charge in [0.15, 0.2) is 0 Å². The molecule has 0 radical (unpaired) electrons. The predicted molar refractivity (Wildman–Crippen MR) is 75.1 cm³/mol. The molecule has 0 aromatic carbocycles. The third kappa shape index (κ3) is 3.47. The van der Waals surface area contributed by atoms with Crippen LogP contribution in [0.2, 0.25) is 0 Å². The zero-order valence-electron chi connectivity index (χ0n) is 11.1. The number of carbonyl (C=O) groups excluding carboxylic acids is 1. The number of nitrogens with one attached hydrogen (secondary N) is 2. The topological polar surface area (TPSA) is 78.4 Å². The zero-order valence-corrected chi connectivity index (χ0v) is 11.9. The summed E-state index contributed by atoms with van der Waals surface area (Å²) in [7, 11) is 0. The Hall–Kier alpha value is -1.56. The van der Waals surface area contributed by atoms with Crippen molar-refractivity contribution < 1.29 is 14.7 Å². The number of thiophene rings is 1. The normalized spacial score (nSPS) is 14.2. The summed E-state index contributed by atoms with van der Waals surface area (Å²) in [5.41, 5.74) is 0.908. The number of carboxylic acid groups (broad SMARTS) is 1. The molecule has 2 rings (SSSR count). The molecule has 0 spiro atoms. The Morgan fingerprint density at radius 1 is 1.37 bits per heavy atom. The highest BCUT2D eigenvalue weighted by atomic mass is 32.1. The lowest BCUT2D eigenvalue weighted by Gasteiger charge is -2.06. The first kappa shape index (κ1) is 13.9. The van der Waals surface area contributed by atoms with E-state index in [4.69, 9.17) is 5.11 Å². The van der Waals surface area contributed by atoms with Crippen molar-refractivity contribution in [2.24, 2.45) is 5.92 Å². The number of urea groups is 1. The van der Waals surface area contributed by atoms with Crippen molar-refractivity contribution in [3.63, 3.8) is 0 Å². The van der Waals surface area contributed by atoms with Gasteiger partial charge in [-0.1, -0.05) is 12.8 Å². The number of carboxylic acids is 1. The van der Waals surface area contributed by atoms with E-state index in [9.17, 15) is 9.59 Å². The van der Waals surface area contributed by atoms with Gasteiger partial charge in [0.05, 0.1) is 5.56 Å². The van der Waals surface area contributed by atoms with Crippen molar-refractivity contribution in [2.75, 3.05) is 11.9 Å². The highest BCUT2D eigenvalue weighted by molar-refractivity contribution is 7.16. The first-order chi connectivity index (χ1) is 8.99. The van der Waals surface area contributed by atoms with Crippen LogP contribution in [0.15, 0.2) is 0 Å². The van der Waals surface area contributed by atoms with Gasteiger partial charge in [-0.15, -0.1) is 11.3 Å². The Balaban J connectivity index is 1.95. The maximum atomic E-state index is 11.7. The molecule has 1 aromatic heterocycles. The number of rotatable bonds is 5. The maximum absolute atomic E-state index is 11.7. The van der Waals surface area contributed by atoms with E-state index in [0.717, 1.165) is 17.2 Å². The Labute approximate surface area is 116 Å². The fourth-order valence-electron chi connectivity index (χ4n) is 1.92. The fourth-order valence-corrected chi connectivity index (χ4v) is 2.96. The van der Waals surface area contributed by atoms with Crippen LogP contribution in [0.5, 0.6) is 0 Å². The van der Waals surface area contributed by atoms with E-state index in [-0.39, 0.29) is 11.6 Å². The molecule has 1 aliphatic carbocycles. The lowest BCUT2D eigenvalue weighted by Crippen LogP contribution is -2.30. The van der Waals surface area contributed by atoms with Crippen molar-refractivity contribution in [1.29, 1.82) is 0 Å². The van der Waals surface area contributed by atoms with Gasteiger partial charge in [0.2, 0.25) is 0 Å². The molecule has 0 unspecified atom stereocenters. The SMILES string of the molecule is Cc1sc(NC(=O)NCCC2CC2)c(C(=O)O)c1C. The second-order valence-electron chi connectivity index (χ2n) is 4.91. The molecule has 0 atom stereocenters. The largest absolute Gasteiger partial charge is 0.478 e. The number of anilines is 1. The smallest absolute Gasteiger partial charge is 0.338 e. The second kappa shape index (κ2) is 5.61. The number of amides is 2. The minimum absolute atomic E-state index is 0.194. The molecule has 1 aliphatic rings. The van der Waals surface area contributed by atoms with Crippen molar-refractivity contribution >= 4 is 28.3 Å². The van der Waals surface area contributed by atoms with Gasteiger partial charge in [0, 0.05) is 11.4 Å². The van der Waals surface area contributed by atoms with E-state index in [1.165, 1.54) is 24.2 Å². The molecule has 1 aromatic rings. The number of aryl methyl sites for hydroxylation is 1. The molecule has 6 heteroatoms. The minimum atomic E-state index is -1.00. The average Bonchev–Trinajstić information content (AvgIpc) is 3.07. The van der Waals surface area contributed by atoms with Gasteiger partial charge in [0.1, 0.15) is 5.00 Å². The van der Waals surface area contributed by atoms with Crippen LogP contribution in [0, 0.1) is 19.8 Å². The maximum Gasteiger partial charge on any atom is 0.338 e. The quantitative estimate of drug-likeness (QED) is 0.777. The molecule has 0 aliphatic heterocycles. The lowest BCUT2D eigenvalue weighted by atomic mass is 10.1. The van der Waals surface area contributed by atoms with Crippen LogP contribution in [0.25, 0.3) is 0 Å². The average molecular weight is 282 g/mol. The van der Waals surface area contributed by atoms with Crippen LogP contribution in [0.4, 0.5) is 9.80 Å². The molecule has 1 saturated carbocycles. The Bertz CT molecular complexity index is 506. The van der Waals surface area contributed by atoms with Gasteiger partial charge in [-0.2, -0.15) is 0 Å². The summed E-state index contributed by atoms with van der Waals surface area (Å²) < 4.78 is 0. The van der Waals surface area contributed by atoms with Crippen LogP contribution in [-0.2, 0) is 0 Å². The van der Waals surface area contributed by atoms with Crippen molar-refractivity contribution in [1.82, 2.24) is 5.32 Å². The molecule has 19 heavy (non-hydrogen) atoms. The summed E-state index contributed by atoms with van der Waals surface area (Å²) in [6.07, 6.45) is 3.52. The monoisotopic (exact) mass is 282 g/mol. The van der Waals surface area contributed by atoms with Crippen molar-refractivity contribution in [2.45, 2.75) is 33.1 Å². The van der Waals surface area contributed by atoms with Gasteiger partial charge < -0.3 is 10.4 Å². The summed E-state index contributed by atoms with van der Waals surface area (Å²) in [6, 6.07) is -0.329. The summed E-state index contributed by atoms with van der Waals surface area (Å²) in [4.78, 5) is 23.8. The van der Waals surface area contributed by atoms with E-state index in [1.54, 1.807) is 6.92 Å². The molecule has 0 bridgehead atoms. The third-order valence-electron chi connectivity index (χ3n) is 3.36. The molecule has 5 nitrogen and oxygen atoms in total. The molecule has 1 fully saturated rings. The van der Waals surface area contributed by atoms with Gasteiger partial charge in [-0.25, -0.2) is 9.59 Å². The molecule has 3 N–H and O–H groups in total.